The Balaban J connectivity index is 1.71. The third kappa shape index (κ3) is 9.08. The van der Waals surface area contributed by atoms with Crippen molar-refractivity contribution in [3.8, 4) is 11.5 Å². The fourth-order valence-electron chi connectivity index (χ4n) is 4.33. The van der Waals surface area contributed by atoms with E-state index in [4.69, 9.17) is 37.4 Å². The van der Waals surface area contributed by atoms with Gasteiger partial charge in [-0.2, -0.15) is 13.5 Å². The van der Waals surface area contributed by atoms with E-state index in [9.17, 15) is 32.0 Å². The first-order chi connectivity index (χ1) is 21.3. The molecule has 0 spiro atoms. The fraction of sp³-hybridized carbons (Fsp3) is 0.345. The first kappa shape index (κ1) is 34.0. The van der Waals surface area contributed by atoms with Crippen molar-refractivity contribution in [1.29, 1.82) is 0 Å². The molecular weight excluding hydrogens is 661 g/mol. The molecule has 1 aliphatic rings. The molecule has 0 radical (unpaired) electrons. The van der Waals surface area contributed by atoms with E-state index in [0.29, 0.717) is 9.04 Å². The van der Waals surface area contributed by atoms with Crippen LogP contribution < -0.4 is 18.5 Å². The van der Waals surface area contributed by atoms with Crippen LogP contribution in [0, 0.1) is 11.1 Å². The number of benzene rings is 2. The van der Waals surface area contributed by atoms with Crippen molar-refractivity contribution in [3.63, 3.8) is 0 Å². The van der Waals surface area contributed by atoms with E-state index in [0.717, 1.165) is 38.6 Å². The summed E-state index contributed by atoms with van der Waals surface area (Å²) in [7, 11) is -3.03. The Morgan fingerprint density at radius 3 is 2.36 bits per heavy atom. The summed E-state index contributed by atoms with van der Waals surface area (Å²) in [5.74, 6) is -1.91. The predicted molar refractivity (Wildman–Crippen MR) is 159 cm³/mol. The van der Waals surface area contributed by atoms with Gasteiger partial charge in [0.1, 0.15) is 22.7 Å². The quantitative estimate of drug-likeness (QED) is 0.129. The van der Waals surface area contributed by atoms with Gasteiger partial charge in [-0.1, -0.05) is 41.4 Å². The van der Waals surface area contributed by atoms with E-state index >= 15 is 0 Å². The molecule has 242 valence electrons. The van der Waals surface area contributed by atoms with Crippen molar-refractivity contribution in [2.75, 3.05) is 30.8 Å². The number of carbonyl (C=O) groups is 2. The van der Waals surface area contributed by atoms with Crippen LogP contribution in [0.5, 0.6) is 11.5 Å². The predicted octanol–water partition coefficient (Wildman–Crippen LogP) is 5.10. The van der Waals surface area contributed by atoms with Crippen LogP contribution in [0.15, 0.2) is 54.9 Å². The van der Waals surface area contributed by atoms with Crippen molar-refractivity contribution in [2.24, 2.45) is 5.92 Å². The molecule has 0 N–H and O–H groups in total. The molecule has 1 aromatic heterocycles. The van der Waals surface area contributed by atoms with Gasteiger partial charge in [0, 0.05) is 12.0 Å². The number of nitrogens with zero attached hydrogens (tertiary/aromatic N) is 2. The number of hydrogen-bond donors (Lipinski definition) is 0. The molecule has 0 saturated heterocycles. The maximum atomic E-state index is 13.4. The summed E-state index contributed by atoms with van der Waals surface area (Å²) in [5.41, 5.74) is 0.213. The summed E-state index contributed by atoms with van der Waals surface area (Å²) in [6, 6.07) is 9.57. The molecule has 4 rings (SSSR count). The molecule has 3 aromatic rings. The number of halogens is 4. The summed E-state index contributed by atoms with van der Waals surface area (Å²) < 4.78 is 73.8. The lowest BCUT2D eigenvalue weighted by Gasteiger charge is -2.26. The van der Waals surface area contributed by atoms with Gasteiger partial charge in [0.2, 0.25) is 10.0 Å². The van der Waals surface area contributed by atoms with Crippen LogP contribution in [0.3, 0.4) is 0 Å². The molecule has 2 aromatic carbocycles. The van der Waals surface area contributed by atoms with E-state index in [1.54, 1.807) is 0 Å². The monoisotopic (exact) mass is 688 g/mol. The first-order valence-corrected chi connectivity index (χ1v) is 16.0. The van der Waals surface area contributed by atoms with Crippen LogP contribution in [-0.2, 0) is 30.7 Å². The van der Waals surface area contributed by atoms with Crippen molar-refractivity contribution >= 4 is 50.9 Å². The number of methoxy groups -OCH3 is 1. The highest BCUT2D eigenvalue weighted by atomic mass is 35.5. The minimum Gasteiger partial charge on any atom is -0.619 e. The summed E-state index contributed by atoms with van der Waals surface area (Å²) in [5, 5.41) is 11.7. The molecule has 0 bridgehead atoms. The number of esters is 2. The largest absolute Gasteiger partial charge is 0.619 e. The second-order valence-corrected chi connectivity index (χ2v) is 12.8. The van der Waals surface area contributed by atoms with E-state index in [2.05, 4.69) is 4.74 Å². The normalized spacial score (nSPS) is 13.7. The van der Waals surface area contributed by atoms with Crippen molar-refractivity contribution in [3.05, 3.63) is 86.8 Å². The number of anilines is 1. The lowest BCUT2D eigenvalue weighted by atomic mass is 10.0. The standard InChI is InChI=1S/C29H28Cl2F2N2O9S/c1-41-28(37)19-5-3-4-6-23(19)35(45(2,39)40)15-27(36)43-25(12-20-21(30)13-34(38)14-22(20)31)18-9-10-24(44-29(32)33)26(11-18)42-16-17-7-8-17/h3-6,9-11,13-14,17,25,29H,7-8,12,15-16H2,1-2H3. The molecule has 16 heteroatoms. The topological polar surface area (TPSA) is 135 Å². The van der Waals surface area contributed by atoms with Gasteiger partial charge >= 0.3 is 18.6 Å². The summed E-state index contributed by atoms with van der Waals surface area (Å²) in [6.45, 7) is -3.75. The van der Waals surface area contributed by atoms with Gasteiger partial charge in [-0.15, -0.1) is 0 Å². The molecule has 0 aliphatic heterocycles. The third-order valence-electron chi connectivity index (χ3n) is 6.70. The highest BCUT2D eigenvalue weighted by molar-refractivity contribution is 7.92. The zero-order valence-electron chi connectivity index (χ0n) is 24.0. The maximum Gasteiger partial charge on any atom is 0.387 e. The van der Waals surface area contributed by atoms with Gasteiger partial charge in [0.15, 0.2) is 23.9 Å². The maximum absolute atomic E-state index is 13.4. The molecule has 1 fully saturated rings. The minimum atomic E-state index is -4.15. The highest BCUT2D eigenvalue weighted by Crippen LogP contribution is 2.38. The van der Waals surface area contributed by atoms with Gasteiger partial charge in [-0.05, 0) is 48.6 Å². The molecule has 45 heavy (non-hydrogen) atoms. The molecule has 1 atom stereocenters. The number of sulfonamides is 1. The van der Waals surface area contributed by atoms with E-state index in [1.807, 2.05) is 0 Å². The second-order valence-electron chi connectivity index (χ2n) is 10.1. The summed E-state index contributed by atoms with van der Waals surface area (Å²) in [6.07, 6.45) is 3.33. The van der Waals surface area contributed by atoms with Crippen LogP contribution in [0.4, 0.5) is 14.5 Å². The summed E-state index contributed by atoms with van der Waals surface area (Å²) >= 11 is 12.6. The molecule has 1 unspecified atom stereocenters. The first-order valence-electron chi connectivity index (χ1n) is 13.4. The second kappa shape index (κ2) is 14.5. The Hall–Kier alpha value is -3.88. The van der Waals surface area contributed by atoms with Gasteiger partial charge < -0.3 is 24.2 Å². The van der Waals surface area contributed by atoms with Crippen molar-refractivity contribution in [1.82, 2.24) is 0 Å². The number of alkyl halides is 2. The molecule has 1 heterocycles. The number of para-hydroxylation sites is 1. The van der Waals surface area contributed by atoms with Crippen LogP contribution in [-0.4, -0.2) is 53.5 Å². The van der Waals surface area contributed by atoms with Crippen molar-refractivity contribution < 1.29 is 50.5 Å². The SMILES string of the molecule is COC(=O)c1ccccc1N(CC(=O)OC(Cc1c(Cl)c[n+]([O-])cc1Cl)c1ccc(OC(F)F)c(OCC2CC2)c1)S(C)(=O)=O. The number of pyridine rings is 1. The molecule has 0 amide bonds. The Morgan fingerprint density at radius 1 is 1.09 bits per heavy atom. The molecule has 11 nitrogen and oxygen atoms in total. The zero-order valence-corrected chi connectivity index (χ0v) is 26.3. The molecule has 1 saturated carbocycles. The van der Waals surface area contributed by atoms with Gasteiger partial charge in [0.05, 0.1) is 31.2 Å². The van der Waals surface area contributed by atoms with Crippen molar-refractivity contribution in [2.45, 2.75) is 32.0 Å². The number of hydrogen-bond acceptors (Lipinski definition) is 9. The Labute approximate surface area is 267 Å². The van der Waals surface area contributed by atoms with Gasteiger partial charge in [-0.25, -0.2) is 13.2 Å². The number of rotatable bonds is 14. The highest BCUT2D eigenvalue weighted by Gasteiger charge is 2.30. The number of carbonyl (C=O) groups excluding carboxylic acids is 2. The minimum absolute atomic E-state index is 0.0341. The Morgan fingerprint density at radius 2 is 1.76 bits per heavy atom. The molecular formula is C29H28Cl2F2N2O9S. The van der Waals surface area contributed by atoms with Crippen LogP contribution in [0.1, 0.15) is 40.4 Å². The number of aromatic nitrogens is 1. The summed E-state index contributed by atoms with van der Waals surface area (Å²) in [4.78, 5) is 25.8. The van der Waals surface area contributed by atoms with E-state index in [1.165, 1.54) is 42.5 Å². The molecule has 1 aliphatic carbocycles. The van der Waals surface area contributed by atoms with Crippen LogP contribution in [0.25, 0.3) is 0 Å². The average Bonchev–Trinajstić information content (AvgIpc) is 3.80. The van der Waals surface area contributed by atoms with Crippen LogP contribution in [0.2, 0.25) is 10.0 Å². The van der Waals surface area contributed by atoms with E-state index < -0.39 is 41.2 Å². The third-order valence-corrected chi connectivity index (χ3v) is 8.48. The smallest absolute Gasteiger partial charge is 0.387 e. The van der Waals surface area contributed by atoms with Gasteiger partial charge in [-0.3, -0.25) is 9.10 Å². The average molecular weight is 690 g/mol. The van der Waals surface area contributed by atoms with E-state index in [-0.39, 0.29) is 62.9 Å². The zero-order chi connectivity index (χ0) is 32.9. The Kier molecular flexibility index (Phi) is 10.9. The number of ether oxygens (including phenoxy) is 4. The fourth-order valence-corrected chi connectivity index (χ4v) is 5.78. The lowest BCUT2D eigenvalue weighted by molar-refractivity contribution is -0.605. The lowest BCUT2D eigenvalue weighted by Crippen LogP contribution is -2.37. The Bertz CT molecular complexity index is 1650. The van der Waals surface area contributed by atoms with Crippen LogP contribution >= 0.6 is 23.2 Å². The van der Waals surface area contributed by atoms with Gasteiger partial charge in [0.25, 0.3) is 0 Å².